The molecule has 1 aliphatic heterocycles. The number of nitrogens with zero attached hydrogens (tertiary/aromatic N) is 4. The normalized spacial score (nSPS) is 27.4. The maximum absolute atomic E-state index is 4.74. The lowest BCUT2D eigenvalue weighted by Crippen LogP contribution is -2.34. The molecule has 4 unspecified atom stereocenters. The minimum atomic E-state index is 0.180. The molecule has 7 nitrogen and oxygen atoms in total. The van der Waals surface area contributed by atoms with Crippen molar-refractivity contribution < 1.29 is 0 Å². The van der Waals surface area contributed by atoms with Gasteiger partial charge in [0, 0.05) is 31.2 Å². The minimum absolute atomic E-state index is 0.180. The van der Waals surface area contributed by atoms with E-state index in [1.54, 1.807) is 6.20 Å². The molecule has 4 heterocycles. The lowest BCUT2D eigenvalue weighted by Gasteiger charge is -2.33. The number of H-pyrrole nitrogens is 1. The summed E-state index contributed by atoms with van der Waals surface area (Å²) in [5.41, 5.74) is 11.4. The standard InChI is InChI=1S/C21H27N7/c1-28(2)12-13-8-15(11-22-10-13)14-5-6-17-16(9-14)19(27-26-17)21-24-18-4-3-7-23-20(18)25-21/h3-4,7-8,10-11,14,16-17,19,26-27H,5-6,9,12H2,1-2H3,(H,23,24,25). The van der Waals surface area contributed by atoms with Crippen molar-refractivity contribution in [1.29, 1.82) is 0 Å². The quantitative estimate of drug-likeness (QED) is 0.648. The summed E-state index contributed by atoms with van der Waals surface area (Å²) in [4.78, 5) is 19.3. The fraction of sp³-hybridized carbons (Fsp3) is 0.476. The zero-order chi connectivity index (χ0) is 19.1. The van der Waals surface area contributed by atoms with E-state index in [0.717, 1.165) is 36.4 Å². The molecule has 7 heteroatoms. The van der Waals surface area contributed by atoms with Crippen LogP contribution in [0.15, 0.2) is 36.8 Å². The Hall–Kier alpha value is -2.35. The predicted octanol–water partition coefficient (Wildman–Crippen LogP) is 2.52. The van der Waals surface area contributed by atoms with Crippen molar-refractivity contribution in [3.05, 3.63) is 53.7 Å². The molecule has 0 radical (unpaired) electrons. The Labute approximate surface area is 165 Å². The molecule has 1 aliphatic carbocycles. The average molecular weight is 377 g/mol. The Balaban J connectivity index is 1.38. The van der Waals surface area contributed by atoms with Gasteiger partial charge < -0.3 is 9.88 Å². The molecule has 1 saturated carbocycles. The number of hydrogen-bond donors (Lipinski definition) is 3. The van der Waals surface area contributed by atoms with Crippen molar-refractivity contribution in [1.82, 2.24) is 35.7 Å². The molecule has 2 fully saturated rings. The van der Waals surface area contributed by atoms with Gasteiger partial charge in [0.2, 0.25) is 0 Å². The van der Waals surface area contributed by atoms with Crippen LogP contribution in [0.1, 0.15) is 48.2 Å². The summed E-state index contributed by atoms with van der Waals surface area (Å²) in [6.45, 7) is 0.928. The van der Waals surface area contributed by atoms with Gasteiger partial charge >= 0.3 is 0 Å². The van der Waals surface area contributed by atoms with Gasteiger partial charge in [-0.15, -0.1) is 0 Å². The number of rotatable bonds is 4. The minimum Gasteiger partial charge on any atom is -0.339 e. The van der Waals surface area contributed by atoms with E-state index in [9.17, 15) is 0 Å². The first-order chi connectivity index (χ1) is 13.7. The molecule has 0 spiro atoms. The molecule has 3 aromatic heterocycles. The van der Waals surface area contributed by atoms with E-state index in [-0.39, 0.29) is 6.04 Å². The van der Waals surface area contributed by atoms with Crippen LogP contribution in [0.3, 0.4) is 0 Å². The number of imidazole rings is 1. The summed E-state index contributed by atoms with van der Waals surface area (Å²) in [7, 11) is 4.20. The van der Waals surface area contributed by atoms with Crippen molar-refractivity contribution in [2.45, 2.75) is 43.8 Å². The molecule has 3 aromatic rings. The van der Waals surface area contributed by atoms with Crippen molar-refractivity contribution >= 4 is 11.2 Å². The van der Waals surface area contributed by atoms with Gasteiger partial charge in [-0.05, 0) is 68.5 Å². The van der Waals surface area contributed by atoms with Crippen LogP contribution in [0, 0.1) is 5.92 Å². The number of hydrogen-bond acceptors (Lipinski definition) is 6. The fourth-order valence-corrected chi connectivity index (χ4v) is 4.82. The number of nitrogens with one attached hydrogen (secondary N) is 3. The first-order valence-corrected chi connectivity index (χ1v) is 10.1. The summed E-state index contributed by atoms with van der Waals surface area (Å²) in [5.74, 6) is 2.02. The molecule has 3 N–H and O–H groups in total. The van der Waals surface area contributed by atoms with Crippen LogP contribution in [0.25, 0.3) is 11.2 Å². The van der Waals surface area contributed by atoms with E-state index < -0.39 is 0 Å². The third-order valence-corrected chi connectivity index (χ3v) is 6.11. The monoisotopic (exact) mass is 377 g/mol. The summed E-state index contributed by atoms with van der Waals surface area (Å²) in [5, 5.41) is 0. The van der Waals surface area contributed by atoms with Gasteiger partial charge in [-0.1, -0.05) is 6.07 Å². The number of aromatic amines is 1. The Kier molecular flexibility index (Phi) is 4.58. The number of aromatic nitrogens is 4. The molecule has 28 heavy (non-hydrogen) atoms. The third kappa shape index (κ3) is 3.30. The van der Waals surface area contributed by atoms with Gasteiger partial charge in [0.1, 0.15) is 5.82 Å². The second-order valence-electron chi connectivity index (χ2n) is 8.41. The third-order valence-electron chi connectivity index (χ3n) is 6.11. The van der Waals surface area contributed by atoms with Gasteiger partial charge in [-0.3, -0.25) is 10.4 Å². The number of fused-ring (bicyclic) bond motifs is 2. The molecule has 1 saturated heterocycles. The summed E-state index contributed by atoms with van der Waals surface area (Å²) < 4.78 is 0. The number of hydrazine groups is 1. The van der Waals surface area contributed by atoms with Crippen LogP contribution in [0.4, 0.5) is 0 Å². The molecule has 146 valence electrons. The Morgan fingerprint density at radius 3 is 2.96 bits per heavy atom. The lowest BCUT2D eigenvalue weighted by atomic mass is 9.73. The number of pyridine rings is 2. The van der Waals surface area contributed by atoms with Gasteiger partial charge in [-0.2, -0.15) is 0 Å². The topological polar surface area (TPSA) is 81.8 Å². The second-order valence-corrected chi connectivity index (χ2v) is 8.41. The maximum Gasteiger partial charge on any atom is 0.177 e. The average Bonchev–Trinajstić information content (AvgIpc) is 3.30. The van der Waals surface area contributed by atoms with E-state index in [1.807, 2.05) is 18.3 Å². The highest BCUT2D eigenvalue weighted by Crippen LogP contribution is 2.43. The zero-order valence-corrected chi connectivity index (χ0v) is 16.4. The molecular weight excluding hydrogens is 350 g/mol. The zero-order valence-electron chi connectivity index (χ0n) is 16.4. The van der Waals surface area contributed by atoms with E-state index in [2.05, 4.69) is 57.1 Å². The molecule has 2 aliphatic rings. The smallest absolute Gasteiger partial charge is 0.177 e. The van der Waals surface area contributed by atoms with Crippen molar-refractivity contribution in [2.75, 3.05) is 14.1 Å². The Morgan fingerprint density at radius 1 is 1.18 bits per heavy atom. The first kappa shape index (κ1) is 17.7. The van der Waals surface area contributed by atoms with Crippen LogP contribution in [-0.2, 0) is 6.54 Å². The maximum atomic E-state index is 4.74. The van der Waals surface area contributed by atoms with E-state index in [0.29, 0.717) is 17.9 Å². The van der Waals surface area contributed by atoms with Gasteiger partial charge in [0.25, 0.3) is 0 Å². The highest BCUT2D eigenvalue weighted by Gasteiger charge is 2.42. The molecule has 0 bridgehead atoms. The van der Waals surface area contributed by atoms with Crippen LogP contribution >= 0.6 is 0 Å². The highest BCUT2D eigenvalue weighted by molar-refractivity contribution is 5.70. The molecule has 0 aromatic carbocycles. The van der Waals surface area contributed by atoms with E-state index >= 15 is 0 Å². The van der Waals surface area contributed by atoms with Gasteiger partial charge in [-0.25, -0.2) is 15.4 Å². The summed E-state index contributed by atoms with van der Waals surface area (Å²) in [6, 6.07) is 6.98. The Bertz CT molecular complexity index is 933. The Morgan fingerprint density at radius 2 is 2.11 bits per heavy atom. The fourth-order valence-electron chi connectivity index (χ4n) is 4.82. The SMILES string of the molecule is CN(C)Cc1cncc(C2CCC3NNC(c4nc5ncccc5[nH]4)C3C2)c1. The van der Waals surface area contributed by atoms with Crippen LogP contribution in [0.2, 0.25) is 0 Å². The largest absolute Gasteiger partial charge is 0.339 e. The van der Waals surface area contributed by atoms with E-state index in [1.165, 1.54) is 17.5 Å². The summed E-state index contributed by atoms with van der Waals surface area (Å²) in [6.07, 6.45) is 9.32. The second kappa shape index (κ2) is 7.24. The van der Waals surface area contributed by atoms with Gasteiger partial charge in [0.15, 0.2) is 5.65 Å². The van der Waals surface area contributed by atoms with Crippen LogP contribution < -0.4 is 10.9 Å². The van der Waals surface area contributed by atoms with E-state index in [4.69, 9.17) is 4.98 Å². The van der Waals surface area contributed by atoms with Crippen LogP contribution in [-0.4, -0.2) is 45.0 Å². The van der Waals surface area contributed by atoms with Crippen molar-refractivity contribution in [3.63, 3.8) is 0 Å². The summed E-state index contributed by atoms with van der Waals surface area (Å²) >= 11 is 0. The van der Waals surface area contributed by atoms with Crippen LogP contribution in [0.5, 0.6) is 0 Å². The van der Waals surface area contributed by atoms with Crippen molar-refractivity contribution in [3.8, 4) is 0 Å². The molecule has 4 atom stereocenters. The predicted molar refractivity (Wildman–Crippen MR) is 108 cm³/mol. The molecular formula is C21H27N7. The van der Waals surface area contributed by atoms with Gasteiger partial charge in [0.05, 0.1) is 11.6 Å². The highest BCUT2D eigenvalue weighted by atomic mass is 15.4. The molecule has 5 rings (SSSR count). The van der Waals surface area contributed by atoms with Crippen molar-refractivity contribution in [2.24, 2.45) is 5.92 Å². The first-order valence-electron chi connectivity index (χ1n) is 10.1. The lowest BCUT2D eigenvalue weighted by molar-refractivity contribution is 0.274. The molecule has 0 amide bonds.